The molecule has 28 heavy (non-hydrogen) atoms. The molecule has 0 saturated heterocycles. The summed E-state index contributed by atoms with van der Waals surface area (Å²) in [6.07, 6.45) is 0.765. The average molecular weight is 427 g/mol. The zero-order chi connectivity index (χ0) is 21.5. The van der Waals surface area contributed by atoms with Crippen molar-refractivity contribution >= 4 is 20.2 Å². The van der Waals surface area contributed by atoms with Crippen molar-refractivity contribution < 1.29 is 25.9 Å². The summed E-state index contributed by atoms with van der Waals surface area (Å²) in [7, 11) is -9.26. The van der Waals surface area contributed by atoms with E-state index in [0.717, 1.165) is 6.42 Å². The molecular weight excluding hydrogens is 400 g/mol. The van der Waals surface area contributed by atoms with Gasteiger partial charge in [0.1, 0.15) is 9.79 Å². The zero-order valence-electron chi connectivity index (χ0n) is 16.6. The number of rotatable bonds is 5. The topological polar surface area (TPSA) is 109 Å². The molecular formula is C20H26O6S2. The van der Waals surface area contributed by atoms with Crippen LogP contribution in [-0.2, 0) is 25.7 Å². The van der Waals surface area contributed by atoms with E-state index < -0.39 is 30.0 Å². The lowest BCUT2D eigenvalue weighted by Crippen LogP contribution is -2.13. The van der Waals surface area contributed by atoms with Crippen molar-refractivity contribution in [3.8, 4) is 11.1 Å². The van der Waals surface area contributed by atoms with E-state index in [2.05, 4.69) is 0 Å². The summed E-state index contributed by atoms with van der Waals surface area (Å²) >= 11 is 0. The maximum atomic E-state index is 12.0. The first-order valence-corrected chi connectivity index (χ1v) is 11.8. The molecule has 2 aromatic carbocycles. The third kappa shape index (κ3) is 4.81. The highest BCUT2D eigenvalue weighted by molar-refractivity contribution is 7.86. The lowest BCUT2D eigenvalue weighted by atomic mass is 9.86. The highest BCUT2D eigenvalue weighted by Crippen LogP contribution is 2.37. The first kappa shape index (κ1) is 22.5. The monoisotopic (exact) mass is 426 g/mol. The van der Waals surface area contributed by atoms with Crippen molar-refractivity contribution in [1.29, 1.82) is 0 Å². The van der Waals surface area contributed by atoms with Crippen LogP contribution in [0.4, 0.5) is 0 Å². The Morgan fingerprint density at radius 1 is 0.857 bits per heavy atom. The second kappa shape index (κ2) is 7.59. The standard InChI is InChI=1S/C20H26O6S2/c1-6-13(2)14-7-9-16(18(11-14)27(21,22)23)17-10-8-15(20(3,4)5)12-19(17)28(24,25)26/h7-13H,6H2,1-5H3,(H,21,22,23)(H,24,25,26). The molecule has 8 heteroatoms. The molecule has 0 aliphatic heterocycles. The van der Waals surface area contributed by atoms with Crippen LogP contribution in [0.3, 0.4) is 0 Å². The molecule has 0 heterocycles. The van der Waals surface area contributed by atoms with Crippen LogP contribution in [0.5, 0.6) is 0 Å². The summed E-state index contributed by atoms with van der Waals surface area (Å²) in [6.45, 7) is 9.54. The molecule has 0 bridgehead atoms. The molecule has 0 fully saturated rings. The van der Waals surface area contributed by atoms with Gasteiger partial charge in [-0.3, -0.25) is 9.11 Å². The molecule has 0 aliphatic rings. The normalized spacial score (nSPS) is 14.1. The summed E-state index contributed by atoms with van der Waals surface area (Å²) in [5, 5.41) is 0. The highest BCUT2D eigenvalue weighted by atomic mass is 32.2. The molecule has 2 aromatic rings. The Labute approximate surface area is 167 Å². The Hall–Kier alpha value is -1.74. The predicted octanol–water partition coefficient (Wildman–Crippen LogP) is 4.66. The largest absolute Gasteiger partial charge is 0.295 e. The van der Waals surface area contributed by atoms with Gasteiger partial charge in [0.2, 0.25) is 0 Å². The van der Waals surface area contributed by atoms with Crippen LogP contribution in [0, 0.1) is 0 Å². The fraction of sp³-hybridized carbons (Fsp3) is 0.400. The lowest BCUT2D eigenvalue weighted by molar-refractivity contribution is 0.479. The molecule has 154 valence electrons. The van der Waals surface area contributed by atoms with Gasteiger partial charge < -0.3 is 0 Å². The quantitative estimate of drug-likeness (QED) is 0.673. The smallest absolute Gasteiger partial charge is 0.282 e. The Morgan fingerprint density at radius 3 is 1.75 bits per heavy atom. The fourth-order valence-electron chi connectivity index (χ4n) is 2.94. The molecule has 6 nitrogen and oxygen atoms in total. The van der Waals surface area contributed by atoms with Crippen molar-refractivity contribution in [3.05, 3.63) is 47.5 Å². The van der Waals surface area contributed by atoms with Crippen LogP contribution in [0.2, 0.25) is 0 Å². The van der Waals surface area contributed by atoms with Crippen LogP contribution >= 0.6 is 0 Å². The van der Waals surface area contributed by atoms with E-state index in [4.69, 9.17) is 0 Å². The van der Waals surface area contributed by atoms with Gasteiger partial charge in [0.25, 0.3) is 20.2 Å². The Morgan fingerprint density at radius 2 is 1.32 bits per heavy atom. The molecule has 2 N–H and O–H groups in total. The van der Waals surface area contributed by atoms with E-state index in [0.29, 0.717) is 11.1 Å². The van der Waals surface area contributed by atoms with Crippen molar-refractivity contribution in [2.75, 3.05) is 0 Å². The van der Waals surface area contributed by atoms with E-state index in [1.807, 2.05) is 34.6 Å². The summed E-state index contributed by atoms with van der Waals surface area (Å²) in [5.74, 6) is 0.0545. The average Bonchev–Trinajstić information content (AvgIpc) is 2.57. The van der Waals surface area contributed by atoms with Crippen LogP contribution in [0.25, 0.3) is 11.1 Å². The van der Waals surface area contributed by atoms with Gasteiger partial charge in [0, 0.05) is 11.1 Å². The molecule has 2 rings (SSSR count). The summed E-state index contributed by atoms with van der Waals surface area (Å²) < 4.78 is 67.6. The highest BCUT2D eigenvalue weighted by Gasteiger charge is 2.26. The molecule has 0 spiro atoms. The van der Waals surface area contributed by atoms with Crippen molar-refractivity contribution in [2.45, 2.75) is 62.2 Å². The van der Waals surface area contributed by atoms with Gasteiger partial charge in [0.05, 0.1) is 0 Å². The Balaban J connectivity index is 2.88. The van der Waals surface area contributed by atoms with Gasteiger partial charge in [-0.05, 0) is 41.0 Å². The maximum Gasteiger partial charge on any atom is 0.295 e. The SMILES string of the molecule is CCC(C)c1ccc(-c2ccc(C(C)(C)C)cc2S(=O)(=O)O)c(S(=O)(=O)O)c1. The van der Waals surface area contributed by atoms with Gasteiger partial charge in [-0.15, -0.1) is 0 Å². The van der Waals surface area contributed by atoms with Gasteiger partial charge >= 0.3 is 0 Å². The molecule has 0 saturated carbocycles. The van der Waals surface area contributed by atoms with E-state index in [-0.39, 0.29) is 22.5 Å². The van der Waals surface area contributed by atoms with Crippen molar-refractivity contribution in [3.63, 3.8) is 0 Å². The fourth-order valence-corrected chi connectivity index (χ4v) is 4.41. The van der Waals surface area contributed by atoms with E-state index in [9.17, 15) is 25.9 Å². The third-order valence-electron chi connectivity index (χ3n) is 4.88. The van der Waals surface area contributed by atoms with Crippen molar-refractivity contribution in [2.24, 2.45) is 0 Å². The number of hydrogen-bond acceptors (Lipinski definition) is 4. The van der Waals surface area contributed by atoms with Crippen LogP contribution < -0.4 is 0 Å². The summed E-state index contributed by atoms with van der Waals surface area (Å²) in [4.78, 5) is -0.792. The van der Waals surface area contributed by atoms with Gasteiger partial charge in [0.15, 0.2) is 0 Å². The minimum atomic E-state index is -4.63. The molecule has 0 aliphatic carbocycles. The first-order valence-electron chi connectivity index (χ1n) is 8.90. The summed E-state index contributed by atoms with van der Waals surface area (Å²) in [6, 6.07) is 8.98. The lowest BCUT2D eigenvalue weighted by Gasteiger charge is -2.21. The molecule has 0 amide bonds. The maximum absolute atomic E-state index is 12.0. The number of hydrogen-bond donors (Lipinski definition) is 2. The Bertz CT molecular complexity index is 1090. The predicted molar refractivity (Wildman–Crippen MR) is 109 cm³/mol. The second-order valence-electron chi connectivity index (χ2n) is 7.98. The van der Waals surface area contributed by atoms with Gasteiger partial charge in [-0.2, -0.15) is 16.8 Å². The molecule has 1 atom stereocenters. The third-order valence-corrected chi connectivity index (χ3v) is 6.67. The minimum Gasteiger partial charge on any atom is -0.282 e. The first-order chi connectivity index (χ1) is 12.7. The van der Waals surface area contributed by atoms with Crippen LogP contribution in [0.15, 0.2) is 46.2 Å². The van der Waals surface area contributed by atoms with E-state index >= 15 is 0 Å². The molecule has 1 unspecified atom stereocenters. The van der Waals surface area contributed by atoms with E-state index in [1.54, 1.807) is 12.1 Å². The van der Waals surface area contributed by atoms with Crippen LogP contribution in [-0.4, -0.2) is 25.9 Å². The molecule has 0 radical (unpaired) electrons. The van der Waals surface area contributed by atoms with Crippen LogP contribution in [0.1, 0.15) is 58.1 Å². The Kier molecular flexibility index (Phi) is 6.11. The minimum absolute atomic E-state index is 0.0128. The van der Waals surface area contributed by atoms with Gasteiger partial charge in [-0.25, -0.2) is 0 Å². The summed E-state index contributed by atoms with van der Waals surface area (Å²) in [5.41, 5.74) is 1.01. The number of benzene rings is 2. The van der Waals surface area contributed by atoms with Gasteiger partial charge in [-0.1, -0.05) is 58.9 Å². The van der Waals surface area contributed by atoms with E-state index in [1.165, 1.54) is 24.3 Å². The molecule has 0 aromatic heterocycles. The second-order valence-corrected chi connectivity index (χ2v) is 10.8. The van der Waals surface area contributed by atoms with Crippen molar-refractivity contribution in [1.82, 2.24) is 0 Å². The zero-order valence-corrected chi connectivity index (χ0v) is 18.2.